The van der Waals surface area contributed by atoms with Gasteiger partial charge in [-0.25, -0.2) is 13.6 Å². The monoisotopic (exact) mass is 247 g/mol. The van der Waals surface area contributed by atoms with Gasteiger partial charge >= 0.3 is 5.97 Å². The van der Waals surface area contributed by atoms with E-state index >= 15 is 0 Å². The van der Waals surface area contributed by atoms with Gasteiger partial charge in [0.1, 0.15) is 0 Å². The van der Waals surface area contributed by atoms with E-state index in [9.17, 15) is 13.6 Å². The van der Waals surface area contributed by atoms with Crippen LogP contribution in [0.5, 0.6) is 0 Å². The number of carbonyl (C=O) groups is 1. The van der Waals surface area contributed by atoms with E-state index in [1.165, 1.54) is 0 Å². The molecule has 0 aliphatic carbocycles. The van der Waals surface area contributed by atoms with Crippen molar-refractivity contribution >= 4 is 23.3 Å². The minimum atomic E-state index is -1.52. The van der Waals surface area contributed by atoms with Crippen LogP contribution in [-0.2, 0) is 0 Å². The molecule has 6 heteroatoms. The molecule has 0 amide bonds. The Morgan fingerprint density at radius 3 is 2.56 bits per heavy atom. The van der Waals surface area contributed by atoms with Crippen LogP contribution in [0.25, 0.3) is 0 Å². The molecule has 0 radical (unpaired) electrons. The molecule has 86 valence electrons. The Morgan fingerprint density at radius 1 is 1.44 bits per heavy atom. The summed E-state index contributed by atoms with van der Waals surface area (Å²) in [5, 5.41) is 11.2. The first kappa shape index (κ1) is 12.4. The fourth-order valence-electron chi connectivity index (χ4n) is 1.04. The first-order valence-electron chi connectivity index (χ1n) is 4.22. The number of anilines is 1. The fourth-order valence-corrected chi connectivity index (χ4v) is 1.11. The lowest BCUT2D eigenvalue weighted by molar-refractivity contribution is 0.0690. The van der Waals surface area contributed by atoms with E-state index in [4.69, 9.17) is 16.7 Å². The summed E-state index contributed by atoms with van der Waals surface area (Å²) in [5.74, 6) is -4.18. The van der Waals surface area contributed by atoms with E-state index in [2.05, 4.69) is 11.9 Å². The summed E-state index contributed by atoms with van der Waals surface area (Å²) in [5.41, 5.74) is -0.878. The van der Waals surface area contributed by atoms with E-state index in [0.29, 0.717) is 0 Å². The van der Waals surface area contributed by atoms with Gasteiger partial charge in [-0.3, -0.25) is 0 Å². The second-order valence-corrected chi connectivity index (χ2v) is 3.50. The van der Waals surface area contributed by atoms with Gasteiger partial charge in [0, 0.05) is 5.03 Å². The fraction of sp³-hybridized carbons (Fsp3) is 0.100. The van der Waals surface area contributed by atoms with Gasteiger partial charge in [-0.1, -0.05) is 18.2 Å². The molecule has 2 N–H and O–H groups in total. The number of carboxylic acid groups (broad SMARTS) is 1. The number of hydrogen-bond acceptors (Lipinski definition) is 2. The molecule has 1 aromatic carbocycles. The molecule has 0 aromatic heterocycles. The van der Waals surface area contributed by atoms with Crippen LogP contribution in [0.2, 0.25) is 0 Å². The molecule has 1 rings (SSSR count). The number of carboxylic acids is 1. The van der Waals surface area contributed by atoms with Gasteiger partial charge in [-0.05, 0) is 12.1 Å². The van der Waals surface area contributed by atoms with E-state index in [-0.39, 0.29) is 17.3 Å². The van der Waals surface area contributed by atoms with E-state index in [0.717, 1.165) is 12.1 Å². The van der Waals surface area contributed by atoms with Crippen molar-refractivity contribution in [2.24, 2.45) is 0 Å². The van der Waals surface area contributed by atoms with Crippen LogP contribution in [-0.4, -0.2) is 17.6 Å². The predicted molar refractivity (Wildman–Crippen MR) is 56.8 cm³/mol. The molecule has 0 fully saturated rings. The van der Waals surface area contributed by atoms with Crippen LogP contribution >= 0.6 is 11.6 Å². The average Bonchev–Trinajstić information content (AvgIpc) is 2.19. The maximum atomic E-state index is 13.3. The Balaban J connectivity index is 3.02. The Labute approximate surface area is 95.3 Å². The third-order valence-corrected chi connectivity index (χ3v) is 1.92. The molecule has 0 aliphatic heterocycles. The molecule has 0 unspecified atom stereocenters. The lowest BCUT2D eigenvalue weighted by atomic mass is 10.2. The van der Waals surface area contributed by atoms with E-state index < -0.39 is 23.2 Å². The normalized spacial score (nSPS) is 9.94. The SMILES string of the molecule is C=C(Cl)CNc1ccc(C(=O)O)c(F)c1F. The molecule has 0 heterocycles. The van der Waals surface area contributed by atoms with Gasteiger partial charge in [-0.15, -0.1) is 0 Å². The average molecular weight is 248 g/mol. The van der Waals surface area contributed by atoms with Crippen LogP contribution in [0, 0.1) is 11.6 Å². The number of rotatable bonds is 4. The zero-order valence-corrected chi connectivity index (χ0v) is 8.81. The lowest BCUT2D eigenvalue weighted by Gasteiger charge is -2.08. The second kappa shape index (κ2) is 4.94. The maximum absolute atomic E-state index is 13.3. The molecule has 16 heavy (non-hydrogen) atoms. The summed E-state index contributed by atoms with van der Waals surface area (Å²) in [4.78, 5) is 10.5. The van der Waals surface area contributed by atoms with Crippen molar-refractivity contribution in [2.75, 3.05) is 11.9 Å². The van der Waals surface area contributed by atoms with Gasteiger partial charge in [0.2, 0.25) is 0 Å². The Hall–Kier alpha value is -1.62. The molecule has 0 atom stereocenters. The third kappa shape index (κ3) is 2.70. The van der Waals surface area contributed by atoms with Crippen LogP contribution in [0.4, 0.5) is 14.5 Å². The molecule has 0 aliphatic rings. The number of nitrogens with one attached hydrogen (secondary N) is 1. The molecule has 0 saturated heterocycles. The topological polar surface area (TPSA) is 49.3 Å². The van der Waals surface area contributed by atoms with Crippen molar-refractivity contribution in [2.45, 2.75) is 0 Å². The van der Waals surface area contributed by atoms with Crippen molar-refractivity contribution in [1.29, 1.82) is 0 Å². The van der Waals surface area contributed by atoms with Crippen LogP contribution in [0.3, 0.4) is 0 Å². The summed E-state index contributed by atoms with van der Waals surface area (Å²) in [6.07, 6.45) is 0. The molecular formula is C10H8ClF2NO2. The van der Waals surface area contributed by atoms with Gasteiger partial charge in [0.15, 0.2) is 11.6 Å². The molecule has 3 nitrogen and oxygen atoms in total. The van der Waals surface area contributed by atoms with Crippen molar-refractivity contribution in [3.63, 3.8) is 0 Å². The minimum Gasteiger partial charge on any atom is -0.478 e. The first-order valence-corrected chi connectivity index (χ1v) is 4.59. The number of benzene rings is 1. The second-order valence-electron chi connectivity index (χ2n) is 2.96. The summed E-state index contributed by atoms with van der Waals surface area (Å²) in [6, 6.07) is 2.10. The molecule has 0 bridgehead atoms. The highest BCUT2D eigenvalue weighted by Gasteiger charge is 2.17. The van der Waals surface area contributed by atoms with Crippen molar-refractivity contribution in [3.05, 3.63) is 40.9 Å². The van der Waals surface area contributed by atoms with Crippen molar-refractivity contribution in [3.8, 4) is 0 Å². The highest BCUT2D eigenvalue weighted by molar-refractivity contribution is 6.29. The van der Waals surface area contributed by atoms with Gasteiger partial charge in [0.05, 0.1) is 17.8 Å². The summed E-state index contributed by atoms with van der Waals surface area (Å²) < 4.78 is 26.5. The van der Waals surface area contributed by atoms with Gasteiger partial charge < -0.3 is 10.4 Å². The van der Waals surface area contributed by atoms with Gasteiger partial charge in [-0.2, -0.15) is 0 Å². The van der Waals surface area contributed by atoms with Crippen LogP contribution in [0.1, 0.15) is 10.4 Å². The summed E-state index contributed by atoms with van der Waals surface area (Å²) >= 11 is 5.43. The van der Waals surface area contributed by atoms with Crippen molar-refractivity contribution < 1.29 is 18.7 Å². The standard InChI is InChI=1S/C10H8ClF2NO2/c1-5(11)4-14-7-3-2-6(10(15)16)8(12)9(7)13/h2-3,14H,1,4H2,(H,15,16). The molecule has 0 spiro atoms. The zero-order chi connectivity index (χ0) is 12.3. The highest BCUT2D eigenvalue weighted by atomic mass is 35.5. The Bertz CT molecular complexity index is 449. The summed E-state index contributed by atoms with van der Waals surface area (Å²) in [7, 11) is 0. The maximum Gasteiger partial charge on any atom is 0.338 e. The van der Waals surface area contributed by atoms with E-state index in [1.807, 2.05) is 0 Å². The van der Waals surface area contributed by atoms with Crippen LogP contribution < -0.4 is 5.32 Å². The zero-order valence-electron chi connectivity index (χ0n) is 8.06. The molecule has 1 aromatic rings. The Kier molecular flexibility index (Phi) is 3.84. The largest absolute Gasteiger partial charge is 0.478 e. The lowest BCUT2D eigenvalue weighted by Crippen LogP contribution is -2.08. The van der Waals surface area contributed by atoms with Gasteiger partial charge in [0.25, 0.3) is 0 Å². The minimum absolute atomic E-state index is 0.0599. The first-order chi connectivity index (χ1) is 7.43. The highest BCUT2D eigenvalue weighted by Crippen LogP contribution is 2.21. The Morgan fingerprint density at radius 2 is 2.06 bits per heavy atom. The quantitative estimate of drug-likeness (QED) is 0.860. The summed E-state index contributed by atoms with van der Waals surface area (Å²) in [6.45, 7) is 3.42. The number of aromatic carboxylic acids is 1. The van der Waals surface area contributed by atoms with E-state index in [1.54, 1.807) is 0 Å². The predicted octanol–water partition coefficient (Wildman–Crippen LogP) is 2.83. The number of halogens is 3. The van der Waals surface area contributed by atoms with Crippen LogP contribution in [0.15, 0.2) is 23.7 Å². The third-order valence-electron chi connectivity index (χ3n) is 1.78. The molecular weight excluding hydrogens is 240 g/mol. The smallest absolute Gasteiger partial charge is 0.338 e. The number of hydrogen-bond donors (Lipinski definition) is 2. The molecule has 0 saturated carbocycles. The van der Waals surface area contributed by atoms with Crippen molar-refractivity contribution in [1.82, 2.24) is 0 Å².